The summed E-state index contributed by atoms with van der Waals surface area (Å²) < 4.78 is 0. The summed E-state index contributed by atoms with van der Waals surface area (Å²) in [4.78, 5) is 11.0. The smallest absolute Gasteiger partial charge is 0.221 e. The third kappa shape index (κ3) is 6.36. The predicted molar refractivity (Wildman–Crippen MR) is 78.1 cm³/mol. The molecule has 19 heavy (non-hydrogen) atoms. The van der Waals surface area contributed by atoms with E-state index in [1.54, 1.807) is 6.92 Å². The van der Waals surface area contributed by atoms with E-state index >= 15 is 0 Å². The summed E-state index contributed by atoms with van der Waals surface area (Å²) in [7, 11) is 0. The van der Waals surface area contributed by atoms with Crippen molar-refractivity contribution in [3.63, 3.8) is 0 Å². The van der Waals surface area contributed by atoms with Gasteiger partial charge in [-0.2, -0.15) is 0 Å². The van der Waals surface area contributed by atoms with E-state index in [4.69, 9.17) is 0 Å². The van der Waals surface area contributed by atoms with Crippen LogP contribution in [-0.2, 0) is 4.79 Å². The zero-order chi connectivity index (χ0) is 14.3. The van der Waals surface area contributed by atoms with Crippen molar-refractivity contribution in [2.45, 2.75) is 45.8 Å². The molecule has 4 heteroatoms. The van der Waals surface area contributed by atoms with E-state index in [0.29, 0.717) is 0 Å². The highest BCUT2D eigenvalue weighted by Gasteiger charge is 2.06. The Kier molecular flexibility index (Phi) is 6.53. The first-order valence-corrected chi connectivity index (χ1v) is 6.78. The Morgan fingerprint density at radius 2 is 2.11 bits per heavy atom. The molecular weight excluding hydrogens is 240 g/mol. The van der Waals surface area contributed by atoms with Crippen LogP contribution in [0.5, 0.6) is 0 Å². The number of aliphatic hydroxyl groups is 1. The van der Waals surface area contributed by atoms with E-state index in [9.17, 15) is 9.90 Å². The molecule has 1 aromatic rings. The van der Waals surface area contributed by atoms with Crippen molar-refractivity contribution in [2.75, 3.05) is 11.9 Å². The van der Waals surface area contributed by atoms with Gasteiger partial charge in [-0.25, -0.2) is 0 Å². The molecule has 0 fully saturated rings. The molecule has 2 unspecified atom stereocenters. The minimum atomic E-state index is -0.236. The number of carbonyl (C=O) groups excluding carboxylic acids is 1. The number of hydrogen-bond donors (Lipinski definition) is 3. The average molecular weight is 264 g/mol. The molecule has 1 amide bonds. The van der Waals surface area contributed by atoms with Gasteiger partial charge in [0.25, 0.3) is 0 Å². The number of hydrogen-bond acceptors (Lipinski definition) is 3. The molecule has 0 aliphatic heterocycles. The number of benzene rings is 1. The van der Waals surface area contributed by atoms with Gasteiger partial charge in [-0.1, -0.05) is 12.1 Å². The van der Waals surface area contributed by atoms with Gasteiger partial charge in [-0.05, 0) is 50.9 Å². The number of anilines is 1. The number of carbonyl (C=O) groups is 1. The van der Waals surface area contributed by atoms with E-state index in [0.717, 1.165) is 30.6 Å². The van der Waals surface area contributed by atoms with Crippen LogP contribution in [0.3, 0.4) is 0 Å². The monoisotopic (exact) mass is 264 g/mol. The van der Waals surface area contributed by atoms with Crippen LogP contribution in [0, 0.1) is 0 Å². The molecule has 0 spiro atoms. The zero-order valence-corrected chi connectivity index (χ0v) is 11.9. The van der Waals surface area contributed by atoms with Crippen molar-refractivity contribution in [1.29, 1.82) is 0 Å². The molecule has 1 rings (SSSR count). The third-order valence-corrected chi connectivity index (χ3v) is 2.96. The molecule has 2 atom stereocenters. The van der Waals surface area contributed by atoms with Crippen molar-refractivity contribution in [2.24, 2.45) is 0 Å². The van der Waals surface area contributed by atoms with Gasteiger partial charge in [-0.3, -0.25) is 4.79 Å². The molecular formula is C15H24N2O2. The molecule has 106 valence electrons. The average Bonchev–Trinajstić information content (AvgIpc) is 2.33. The Morgan fingerprint density at radius 1 is 1.37 bits per heavy atom. The van der Waals surface area contributed by atoms with Crippen molar-refractivity contribution in [3.05, 3.63) is 29.8 Å². The molecule has 1 aromatic carbocycles. The summed E-state index contributed by atoms with van der Waals surface area (Å²) >= 11 is 0. The molecule has 0 saturated carbocycles. The Balaban J connectivity index is 2.47. The second-order valence-corrected chi connectivity index (χ2v) is 4.97. The summed E-state index contributed by atoms with van der Waals surface area (Å²) in [5, 5.41) is 15.4. The van der Waals surface area contributed by atoms with E-state index in [-0.39, 0.29) is 18.1 Å². The highest BCUT2D eigenvalue weighted by Crippen LogP contribution is 2.17. The number of amides is 1. The molecule has 0 radical (unpaired) electrons. The SMILES string of the molecule is CC(=O)Nc1cccc(C(C)NCCCC(C)O)c1. The van der Waals surface area contributed by atoms with Gasteiger partial charge in [0, 0.05) is 18.7 Å². The minimum Gasteiger partial charge on any atom is -0.393 e. The Hall–Kier alpha value is -1.39. The van der Waals surface area contributed by atoms with Crippen LogP contribution in [0.2, 0.25) is 0 Å². The standard InChI is InChI=1S/C15H24N2O2/c1-11(18)6-5-9-16-12(2)14-7-4-8-15(10-14)17-13(3)19/h4,7-8,10-12,16,18H,5-6,9H2,1-3H3,(H,17,19). The lowest BCUT2D eigenvalue weighted by molar-refractivity contribution is -0.114. The predicted octanol–water partition coefficient (Wildman–Crippen LogP) is 2.46. The van der Waals surface area contributed by atoms with Crippen LogP contribution in [0.15, 0.2) is 24.3 Å². The summed E-state index contributed by atoms with van der Waals surface area (Å²) in [6.07, 6.45) is 1.53. The van der Waals surface area contributed by atoms with Gasteiger partial charge < -0.3 is 15.7 Å². The Labute approximate surface area is 115 Å². The summed E-state index contributed by atoms with van der Waals surface area (Å²) in [5.74, 6) is -0.0605. The molecule has 0 saturated heterocycles. The van der Waals surface area contributed by atoms with Crippen LogP contribution in [-0.4, -0.2) is 23.7 Å². The fourth-order valence-corrected chi connectivity index (χ4v) is 1.92. The van der Waals surface area contributed by atoms with Crippen molar-refractivity contribution in [3.8, 4) is 0 Å². The maximum atomic E-state index is 11.0. The summed E-state index contributed by atoms with van der Waals surface area (Å²) in [6.45, 7) is 6.27. The van der Waals surface area contributed by atoms with Crippen molar-refractivity contribution < 1.29 is 9.90 Å². The molecule has 3 N–H and O–H groups in total. The fraction of sp³-hybridized carbons (Fsp3) is 0.533. The van der Waals surface area contributed by atoms with Gasteiger partial charge in [0.05, 0.1) is 6.10 Å². The fourth-order valence-electron chi connectivity index (χ4n) is 1.92. The lowest BCUT2D eigenvalue weighted by Crippen LogP contribution is -2.21. The topological polar surface area (TPSA) is 61.4 Å². The Bertz CT molecular complexity index is 405. The maximum absolute atomic E-state index is 11.0. The first-order valence-electron chi connectivity index (χ1n) is 6.78. The summed E-state index contributed by atoms with van der Waals surface area (Å²) in [6, 6.07) is 8.06. The highest BCUT2D eigenvalue weighted by molar-refractivity contribution is 5.88. The second-order valence-electron chi connectivity index (χ2n) is 4.97. The second kappa shape index (κ2) is 7.92. The van der Waals surface area contributed by atoms with Crippen LogP contribution < -0.4 is 10.6 Å². The molecule has 0 aromatic heterocycles. The first-order chi connectivity index (χ1) is 8.99. The highest BCUT2D eigenvalue weighted by atomic mass is 16.3. The number of nitrogens with one attached hydrogen (secondary N) is 2. The normalized spacial score (nSPS) is 13.9. The van der Waals surface area contributed by atoms with Gasteiger partial charge >= 0.3 is 0 Å². The van der Waals surface area contributed by atoms with Crippen molar-refractivity contribution >= 4 is 11.6 Å². The Morgan fingerprint density at radius 3 is 2.74 bits per heavy atom. The van der Waals surface area contributed by atoms with E-state index in [2.05, 4.69) is 17.6 Å². The summed E-state index contributed by atoms with van der Waals surface area (Å²) in [5.41, 5.74) is 1.96. The van der Waals surface area contributed by atoms with E-state index < -0.39 is 0 Å². The quantitative estimate of drug-likeness (QED) is 0.663. The molecule has 0 heterocycles. The van der Waals surface area contributed by atoms with Crippen LogP contribution in [0.25, 0.3) is 0 Å². The largest absolute Gasteiger partial charge is 0.393 e. The van der Waals surface area contributed by atoms with Crippen molar-refractivity contribution in [1.82, 2.24) is 5.32 Å². The van der Waals surface area contributed by atoms with Gasteiger partial charge in [0.2, 0.25) is 5.91 Å². The van der Waals surface area contributed by atoms with Gasteiger partial charge in [0.15, 0.2) is 0 Å². The lowest BCUT2D eigenvalue weighted by Gasteiger charge is -2.15. The number of aliphatic hydroxyl groups excluding tert-OH is 1. The van der Waals surface area contributed by atoms with Gasteiger partial charge in [-0.15, -0.1) is 0 Å². The lowest BCUT2D eigenvalue weighted by atomic mass is 10.1. The molecule has 4 nitrogen and oxygen atoms in total. The molecule has 0 aliphatic carbocycles. The molecule has 0 aliphatic rings. The first kappa shape index (κ1) is 15.7. The third-order valence-electron chi connectivity index (χ3n) is 2.96. The van der Waals surface area contributed by atoms with Crippen LogP contribution in [0.1, 0.15) is 45.2 Å². The van der Waals surface area contributed by atoms with Gasteiger partial charge in [0.1, 0.15) is 0 Å². The molecule has 0 bridgehead atoms. The van der Waals surface area contributed by atoms with E-state index in [1.807, 2.05) is 24.3 Å². The number of rotatable bonds is 7. The zero-order valence-electron chi connectivity index (χ0n) is 11.9. The maximum Gasteiger partial charge on any atom is 0.221 e. The van der Waals surface area contributed by atoms with E-state index in [1.165, 1.54) is 6.92 Å². The minimum absolute atomic E-state index is 0.0605. The van der Waals surface area contributed by atoms with Crippen LogP contribution >= 0.6 is 0 Å². The van der Waals surface area contributed by atoms with Crippen LogP contribution in [0.4, 0.5) is 5.69 Å².